The highest BCUT2D eigenvalue weighted by atomic mass is 35.5. The molecule has 2 heterocycles. The first kappa shape index (κ1) is 19.7. The molecular formula is C21H17ClN4O4. The normalized spacial score (nSPS) is 14.9. The van der Waals surface area contributed by atoms with Crippen LogP contribution in [0.4, 0.5) is 11.5 Å². The second-order valence-electron chi connectivity index (χ2n) is 6.92. The van der Waals surface area contributed by atoms with Crippen LogP contribution >= 0.6 is 11.6 Å². The van der Waals surface area contributed by atoms with E-state index in [2.05, 4.69) is 15.7 Å². The Hall–Kier alpha value is -3.65. The van der Waals surface area contributed by atoms with Gasteiger partial charge in [-0.05, 0) is 37.3 Å². The van der Waals surface area contributed by atoms with Crippen molar-refractivity contribution in [2.75, 3.05) is 10.6 Å². The van der Waals surface area contributed by atoms with Gasteiger partial charge >= 0.3 is 5.97 Å². The van der Waals surface area contributed by atoms with Crippen LogP contribution in [0.3, 0.4) is 0 Å². The molecule has 8 nitrogen and oxygen atoms in total. The fourth-order valence-electron chi connectivity index (χ4n) is 3.38. The molecule has 3 N–H and O–H groups in total. The zero-order valence-corrected chi connectivity index (χ0v) is 16.6. The van der Waals surface area contributed by atoms with Crippen LogP contribution in [0.15, 0.2) is 48.5 Å². The molecule has 0 unspecified atom stereocenters. The summed E-state index contributed by atoms with van der Waals surface area (Å²) >= 11 is 5.95. The summed E-state index contributed by atoms with van der Waals surface area (Å²) < 4.78 is 1.52. The van der Waals surface area contributed by atoms with Crippen LogP contribution in [0, 0.1) is 6.92 Å². The van der Waals surface area contributed by atoms with Gasteiger partial charge in [-0.3, -0.25) is 9.59 Å². The summed E-state index contributed by atoms with van der Waals surface area (Å²) in [6.07, 6.45) is -0.142. The number of fused-ring (bicyclic) bond motifs is 1. The van der Waals surface area contributed by atoms with E-state index >= 15 is 0 Å². The number of aromatic carboxylic acids is 1. The number of hydrogen-bond acceptors (Lipinski definition) is 4. The van der Waals surface area contributed by atoms with Crippen molar-refractivity contribution in [2.24, 2.45) is 0 Å². The molecule has 9 heteroatoms. The smallest absolute Gasteiger partial charge is 0.335 e. The van der Waals surface area contributed by atoms with Crippen molar-refractivity contribution in [3.05, 3.63) is 64.7 Å². The molecule has 30 heavy (non-hydrogen) atoms. The Morgan fingerprint density at radius 2 is 1.97 bits per heavy atom. The summed E-state index contributed by atoms with van der Waals surface area (Å²) in [4.78, 5) is 36.0. The number of amides is 2. The number of carbonyl (C=O) groups excluding carboxylic acids is 2. The second-order valence-corrected chi connectivity index (χ2v) is 7.35. The summed E-state index contributed by atoms with van der Waals surface area (Å²) in [5.41, 5.74) is 2.74. The lowest BCUT2D eigenvalue weighted by Gasteiger charge is -2.11. The number of rotatable bonds is 5. The summed E-state index contributed by atoms with van der Waals surface area (Å²) in [5.74, 6) is -1.28. The zero-order valence-electron chi connectivity index (χ0n) is 15.8. The number of aromatic nitrogens is 2. The van der Waals surface area contributed by atoms with E-state index in [-0.39, 0.29) is 17.9 Å². The van der Waals surface area contributed by atoms with Gasteiger partial charge in [0.1, 0.15) is 11.9 Å². The number of benzene rings is 2. The highest BCUT2D eigenvalue weighted by Crippen LogP contribution is 2.36. The molecule has 0 fully saturated rings. The van der Waals surface area contributed by atoms with Gasteiger partial charge in [-0.2, -0.15) is 5.10 Å². The average molecular weight is 425 g/mol. The predicted octanol–water partition coefficient (Wildman–Crippen LogP) is 3.73. The SMILES string of the molecule is Cc1c(-c2ccc(Cl)cc2)nn2c1NC(=O)[C@H]2CC(=O)Nc1cccc(C(=O)O)c1. The summed E-state index contributed by atoms with van der Waals surface area (Å²) in [6.45, 7) is 1.85. The Morgan fingerprint density at radius 3 is 2.67 bits per heavy atom. The molecule has 0 saturated carbocycles. The van der Waals surface area contributed by atoms with Gasteiger partial charge in [-0.25, -0.2) is 9.48 Å². The lowest BCUT2D eigenvalue weighted by molar-refractivity contribution is -0.123. The van der Waals surface area contributed by atoms with Gasteiger partial charge in [-0.1, -0.05) is 29.8 Å². The molecule has 1 atom stereocenters. The number of carbonyl (C=O) groups is 3. The standard InChI is InChI=1S/C21H17ClN4O4/c1-11-18(12-5-7-14(22)8-6-12)25-26-16(20(28)24-19(11)26)10-17(27)23-15-4-2-3-13(9-15)21(29)30/h2-9,16H,10H2,1H3,(H,23,27)(H,24,28)(H,29,30)/t16-/m1/s1. The first-order valence-corrected chi connectivity index (χ1v) is 9.50. The molecule has 2 amide bonds. The average Bonchev–Trinajstić information content (AvgIpc) is 3.19. The van der Waals surface area contributed by atoms with Gasteiger partial charge in [0.05, 0.1) is 17.7 Å². The minimum Gasteiger partial charge on any atom is -0.478 e. The second kappa shape index (κ2) is 7.64. The van der Waals surface area contributed by atoms with E-state index in [0.717, 1.165) is 11.1 Å². The lowest BCUT2D eigenvalue weighted by atomic mass is 10.1. The van der Waals surface area contributed by atoms with Crippen LogP contribution in [0.2, 0.25) is 5.02 Å². The molecule has 0 spiro atoms. The summed E-state index contributed by atoms with van der Waals surface area (Å²) in [7, 11) is 0. The van der Waals surface area contributed by atoms with Gasteiger partial charge in [0.2, 0.25) is 5.91 Å². The molecule has 152 valence electrons. The monoisotopic (exact) mass is 424 g/mol. The fourth-order valence-corrected chi connectivity index (χ4v) is 3.51. The third kappa shape index (κ3) is 3.65. The quantitative estimate of drug-likeness (QED) is 0.577. The van der Waals surface area contributed by atoms with Crippen LogP contribution < -0.4 is 10.6 Å². The number of hydrogen-bond donors (Lipinski definition) is 3. The van der Waals surface area contributed by atoms with Crippen LogP contribution in [-0.4, -0.2) is 32.7 Å². The Labute approximate surface area is 176 Å². The Kier molecular flexibility index (Phi) is 5.01. The van der Waals surface area contributed by atoms with Crippen molar-refractivity contribution >= 4 is 40.9 Å². The zero-order chi connectivity index (χ0) is 21.4. The number of nitrogens with one attached hydrogen (secondary N) is 2. The Bertz CT molecular complexity index is 1170. The van der Waals surface area contributed by atoms with Crippen molar-refractivity contribution in [1.29, 1.82) is 0 Å². The van der Waals surface area contributed by atoms with Crippen molar-refractivity contribution in [3.8, 4) is 11.3 Å². The maximum absolute atomic E-state index is 12.5. The van der Waals surface area contributed by atoms with E-state index in [0.29, 0.717) is 22.2 Å². The largest absolute Gasteiger partial charge is 0.478 e. The van der Waals surface area contributed by atoms with E-state index < -0.39 is 17.9 Å². The van der Waals surface area contributed by atoms with E-state index in [9.17, 15) is 14.4 Å². The number of carboxylic acids is 1. The maximum Gasteiger partial charge on any atom is 0.335 e. The molecule has 1 aliphatic rings. The van der Waals surface area contributed by atoms with E-state index in [1.54, 1.807) is 18.2 Å². The van der Waals surface area contributed by atoms with Crippen molar-refractivity contribution in [3.63, 3.8) is 0 Å². The molecule has 0 aliphatic carbocycles. The van der Waals surface area contributed by atoms with E-state index in [1.807, 2.05) is 19.1 Å². The highest BCUT2D eigenvalue weighted by Gasteiger charge is 2.35. The number of nitrogens with zero attached hydrogens (tertiary/aromatic N) is 2. The van der Waals surface area contributed by atoms with Crippen molar-refractivity contribution in [1.82, 2.24) is 9.78 Å². The highest BCUT2D eigenvalue weighted by molar-refractivity contribution is 6.30. The molecule has 0 bridgehead atoms. The molecule has 3 aromatic rings. The van der Waals surface area contributed by atoms with Gasteiger partial charge < -0.3 is 15.7 Å². The Morgan fingerprint density at radius 1 is 1.23 bits per heavy atom. The third-order valence-corrected chi connectivity index (χ3v) is 5.13. The summed E-state index contributed by atoms with van der Waals surface area (Å²) in [6, 6.07) is 12.3. The number of halogens is 1. The van der Waals surface area contributed by atoms with Crippen molar-refractivity contribution in [2.45, 2.75) is 19.4 Å². The third-order valence-electron chi connectivity index (χ3n) is 4.88. The van der Waals surface area contributed by atoms with Crippen LogP contribution in [0.25, 0.3) is 11.3 Å². The number of carboxylic acid groups (broad SMARTS) is 1. The van der Waals surface area contributed by atoms with Gasteiger partial charge in [0.25, 0.3) is 5.91 Å². The van der Waals surface area contributed by atoms with E-state index in [1.165, 1.54) is 22.9 Å². The van der Waals surface area contributed by atoms with Crippen LogP contribution in [0.1, 0.15) is 28.4 Å². The molecular weight excluding hydrogens is 408 g/mol. The molecule has 1 aromatic heterocycles. The number of anilines is 2. The predicted molar refractivity (Wildman–Crippen MR) is 112 cm³/mol. The van der Waals surface area contributed by atoms with Crippen LogP contribution in [0.5, 0.6) is 0 Å². The van der Waals surface area contributed by atoms with Gasteiger partial charge in [0, 0.05) is 21.8 Å². The van der Waals surface area contributed by atoms with E-state index in [4.69, 9.17) is 16.7 Å². The molecule has 1 aliphatic heterocycles. The van der Waals surface area contributed by atoms with Crippen molar-refractivity contribution < 1.29 is 19.5 Å². The van der Waals surface area contributed by atoms with Gasteiger partial charge in [0.15, 0.2) is 0 Å². The van der Waals surface area contributed by atoms with Gasteiger partial charge in [-0.15, -0.1) is 0 Å². The molecule has 0 saturated heterocycles. The maximum atomic E-state index is 12.5. The first-order valence-electron chi connectivity index (χ1n) is 9.12. The Balaban J connectivity index is 1.55. The minimum atomic E-state index is -1.09. The first-order chi connectivity index (χ1) is 14.3. The lowest BCUT2D eigenvalue weighted by Crippen LogP contribution is -2.23. The topological polar surface area (TPSA) is 113 Å². The molecule has 2 aromatic carbocycles. The molecule has 4 rings (SSSR count). The fraction of sp³-hybridized carbons (Fsp3) is 0.143. The molecule has 0 radical (unpaired) electrons. The summed E-state index contributed by atoms with van der Waals surface area (Å²) in [5, 5.41) is 19.7. The minimum absolute atomic E-state index is 0.0593. The van der Waals surface area contributed by atoms with Crippen LogP contribution in [-0.2, 0) is 9.59 Å².